The standard InChI is InChI=1S/C34H38BrN3O6/c1-8-41-29-15-21(6)26(18-25(29)20(4)5)32-37-28-14-12-11-13-24(28)33(39)38(32)36-19-23-16-27(35)31(30(17-23)42-9-2)44-22(7)34(40)43-10-3/h11-20,22H,8-10H2,1-7H3/t22-/m0/s1. The van der Waals surface area contributed by atoms with Gasteiger partial charge in [-0.15, -0.1) is 0 Å². The molecule has 3 aromatic carbocycles. The molecule has 4 rings (SSSR count). The second-order valence-electron chi connectivity index (χ2n) is 10.4. The average molecular weight is 665 g/mol. The van der Waals surface area contributed by atoms with Crippen molar-refractivity contribution < 1.29 is 23.7 Å². The molecule has 1 heterocycles. The summed E-state index contributed by atoms with van der Waals surface area (Å²) in [7, 11) is 0. The zero-order valence-corrected chi connectivity index (χ0v) is 27.7. The predicted octanol–water partition coefficient (Wildman–Crippen LogP) is 7.27. The molecule has 0 aliphatic rings. The molecule has 0 saturated carbocycles. The molecule has 0 fully saturated rings. The van der Waals surface area contributed by atoms with Crippen LogP contribution < -0.4 is 19.8 Å². The number of benzene rings is 3. The summed E-state index contributed by atoms with van der Waals surface area (Å²) in [4.78, 5) is 31.0. The van der Waals surface area contributed by atoms with Gasteiger partial charge in [0.15, 0.2) is 23.4 Å². The van der Waals surface area contributed by atoms with Gasteiger partial charge in [-0.3, -0.25) is 4.79 Å². The molecule has 4 aromatic rings. The molecule has 0 amide bonds. The fourth-order valence-corrected chi connectivity index (χ4v) is 5.28. The number of halogens is 1. The van der Waals surface area contributed by atoms with Gasteiger partial charge in [0.05, 0.1) is 41.4 Å². The third-order valence-corrected chi connectivity index (χ3v) is 7.43. The minimum Gasteiger partial charge on any atom is -0.494 e. The fourth-order valence-electron chi connectivity index (χ4n) is 4.72. The summed E-state index contributed by atoms with van der Waals surface area (Å²) in [6, 6.07) is 14.8. The van der Waals surface area contributed by atoms with E-state index in [1.54, 1.807) is 44.3 Å². The quantitative estimate of drug-likeness (QED) is 0.116. The van der Waals surface area contributed by atoms with Gasteiger partial charge in [0.25, 0.3) is 5.56 Å². The summed E-state index contributed by atoms with van der Waals surface area (Å²) in [5.41, 5.74) is 3.62. The van der Waals surface area contributed by atoms with Crippen LogP contribution in [0.5, 0.6) is 17.2 Å². The van der Waals surface area contributed by atoms with Crippen LogP contribution in [0.25, 0.3) is 22.3 Å². The van der Waals surface area contributed by atoms with E-state index in [0.29, 0.717) is 51.5 Å². The summed E-state index contributed by atoms with van der Waals surface area (Å²) >= 11 is 3.55. The maximum Gasteiger partial charge on any atom is 0.347 e. The van der Waals surface area contributed by atoms with Gasteiger partial charge in [0.2, 0.25) is 0 Å². The van der Waals surface area contributed by atoms with Gasteiger partial charge in [-0.2, -0.15) is 9.78 Å². The van der Waals surface area contributed by atoms with Crippen LogP contribution in [0.15, 0.2) is 62.9 Å². The van der Waals surface area contributed by atoms with E-state index in [1.807, 2.05) is 45.0 Å². The minimum atomic E-state index is -0.845. The molecule has 9 nitrogen and oxygen atoms in total. The van der Waals surface area contributed by atoms with E-state index >= 15 is 0 Å². The van der Waals surface area contributed by atoms with Gasteiger partial charge in [-0.1, -0.05) is 26.0 Å². The first-order chi connectivity index (χ1) is 21.1. The number of carbonyl (C=O) groups is 1. The normalized spacial score (nSPS) is 12.1. The van der Waals surface area contributed by atoms with Crippen LogP contribution in [0.4, 0.5) is 0 Å². The maximum absolute atomic E-state index is 13.9. The minimum absolute atomic E-state index is 0.182. The predicted molar refractivity (Wildman–Crippen MR) is 176 cm³/mol. The van der Waals surface area contributed by atoms with E-state index in [0.717, 1.165) is 22.4 Å². The fraction of sp³-hybridized carbons (Fsp3) is 0.353. The Balaban J connectivity index is 1.86. The highest BCUT2D eigenvalue weighted by atomic mass is 79.9. The van der Waals surface area contributed by atoms with Crippen molar-refractivity contribution in [3.63, 3.8) is 0 Å². The van der Waals surface area contributed by atoms with Gasteiger partial charge in [-0.05, 0) is 110 Å². The average Bonchev–Trinajstić information content (AvgIpc) is 2.98. The molecule has 0 aliphatic carbocycles. The van der Waals surface area contributed by atoms with Crippen molar-refractivity contribution in [2.75, 3.05) is 19.8 Å². The Labute approximate surface area is 265 Å². The van der Waals surface area contributed by atoms with Crippen LogP contribution in [0.2, 0.25) is 0 Å². The SMILES string of the molecule is CCOC(=O)[C@H](C)Oc1c(Br)cc(C=Nn2c(-c3cc(C(C)C)c(OCC)cc3C)nc3ccccc3c2=O)cc1OCC. The number of aryl methyl sites for hydroxylation is 1. The number of fused-ring (bicyclic) bond motifs is 1. The smallest absolute Gasteiger partial charge is 0.347 e. The zero-order chi connectivity index (χ0) is 32.0. The van der Waals surface area contributed by atoms with Gasteiger partial charge < -0.3 is 18.9 Å². The number of hydrogen-bond donors (Lipinski definition) is 0. The third kappa shape index (κ3) is 7.13. The molecule has 0 radical (unpaired) electrons. The van der Waals surface area contributed by atoms with Crippen molar-refractivity contribution >= 4 is 39.0 Å². The first-order valence-corrected chi connectivity index (χ1v) is 15.5. The maximum atomic E-state index is 13.9. The molecule has 1 atom stereocenters. The molecule has 0 saturated heterocycles. The lowest BCUT2D eigenvalue weighted by Crippen LogP contribution is -2.26. The Morgan fingerprint density at radius 1 is 1.00 bits per heavy atom. The zero-order valence-electron chi connectivity index (χ0n) is 26.1. The van der Waals surface area contributed by atoms with Crippen molar-refractivity contribution in [3.05, 3.63) is 80.0 Å². The lowest BCUT2D eigenvalue weighted by atomic mass is 9.96. The molecule has 44 heavy (non-hydrogen) atoms. The second kappa shape index (κ2) is 14.5. The van der Waals surface area contributed by atoms with Crippen molar-refractivity contribution in [1.82, 2.24) is 9.66 Å². The number of para-hydroxylation sites is 1. The highest BCUT2D eigenvalue weighted by Crippen LogP contribution is 2.38. The van der Waals surface area contributed by atoms with E-state index in [4.69, 9.17) is 23.9 Å². The number of aromatic nitrogens is 2. The molecule has 232 valence electrons. The van der Waals surface area contributed by atoms with Crippen molar-refractivity contribution in [1.29, 1.82) is 0 Å². The van der Waals surface area contributed by atoms with Gasteiger partial charge in [0, 0.05) is 5.56 Å². The number of carbonyl (C=O) groups excluding carboxylic acids is 1. The molecule has 0 spiro atoms. The Morgan fingerprint density at radius 2 is 1.70 bits per heavy atom. The Bertz CT molecular complexity index is 1750. The molecule has 0 unspecified atom stereocenters. The Hall–Kier alpha value is -4.18. The number of ether oxygens (including phenoxy) is 4. The molecule has 0 bridgehead atoms. The summed E-state index contributed by atoms with van der Waals surface area (Å²) < 4.78 is 24.6. The molecular weight excluding hydrogens is 626 g/mol. The van der Waals surface area contributed by atoms with Crippen LogP contribution in [0, 0.1) is 6.92 Å². The number of rotatable bonds is 12. The van der Waals surface area contributed by atoms with Crippen molar-refractivity contribution in [2.45, 2.75) is 60.5 Å². The summed E-state index contributed by atoms with van der Waals surface area (Å²) in [6.07, 6.45) is 0.725. The summed E-state index contributed by atoms with van der Waals surface area (Å²) in [5.74, 6) is 1.71. The third-order valence-electron chi connectivity index (χ3n) is 6.84. The monoisotopic (exact) mass is 663 g/mol. The Morgan fingerprint density at radius 3 is 2.39 bits per heavy atom. The van der Waals surface area contributed by atoms with E-state index in [-0.39, 0.29) is 18.1 Å². The van der Waals surface area contributed by atoms with E-state index < -0.39 is 12.1 Å². The first kappa shape index (κ1) is 32.7. The lowest BCUT2D eigenvalue weighted by molar-refractivity contribution is -0.150. The van der Waals surface area contributed by atoms with Crippen LogP contribution in [-0.2, 0) is 9.53 Å². The van der Waals surface area contributed by atoms with Crippen LogP contribution in [-0.4, -0.2) is 47.8 Å². The molecule has 1 aromatic heterocycles. The Kier molecular flexibility index (Phi) is 10.8. The highest BCUT2D eigenvalue weighted by Gasteiger charge is 2.22. The number of esters is 1. The van der Waals surface area contributed by atoms with E-state index in [2.05, 4.69) is 34.9 Å². The summed E-state index contributed by atoms with van der Waals surface area (Å²) in [5, 5.41) is 5.11. The largest absolute Gasteiger partial charge is 0.494 e. The van der Waals surface area contributed by atoms with Gasteiger partial charge in [0.1, 0.15) is 5.75 Å². The van der Waals surface area contributed by atoms with Crippen LogP contribution >= 0.6 is 15.9 Å². The molecule has 0 aliphatic heterocycles. The number of nitrogens with zero attached hydrogens (tertiary/aromatic N) is 3. The topological polar surface area (TPSA) is 101 Å². The molecule has 10 heteroatoms. The summed E-state index contributed by atoms with van der Waals surface area (Å²) in [6.45, 7) is 14.5. The lowest BCUT2D eigenvalue weighted by Gasteiger charge is -2.19. The van der Waals surface area contributed by atoms with Crippen molar-refractivity contribution in [2.24, 2.45) is 5.10 Å². The number of hydrogen-bond acceptors (Lipinski definition) is 8. The molecular formula is C34H38BrN3O6. The van der Waals surface area contributed by atoms with Crippen LogP contribution in [0.3, 0.4) is 0 Å². The second-order valence-corrected chi connectivity index (χ2v) is 11.2. The van der Waals surface area contributed by atoms with Crippen molar-refractivity contribution in [3.8, 4) is 28.6 Å². The van der Waals surface area contributed by atoms with Crippen LogP contribution in [0.1, 0.15) is 64.2 Å². The van der Waals surface area contributed by atoms with Gasteiger partial charge >= 0.3 is 5.97 Å². The van der Waals surface area contributed by atoms with Gasteiger partial charge in [-0.25, -0.2) is 9.78 Å². The highest BCUT2D eigenvalue weighted by molar-refractivity contribution is 9.10. The molecule has 0 N–H and O–H groups in total. The van der Waals surface area contributed by atoms with E-state index in [9.17, 15) is 9.59 Å². The first-order valence-electron chi connectivity index (χ1n) is 14.7. The van der Waals surface area contributed by atoms with E-state index in [1.165, 1.54) is 4.68 Å².